The number of morpholine rings is 1. The lowest BCUT2D eigenvalue weighted by Gasteiger charge is -2.36. The van der Waals surface area contributed by atoms with Gasteiger partial charge in [0.25, 0.3) is 0 Å². The van der Waals surface area contributed by atoms with E-state index in [-0.39, 0.29) is 18.1 Å². The first kappa shape index (κ1) is 15.5. The van der Waals surface area contributed by atoms with Gasteiger partial charge < -0.3 is 9.64 Å². The SMILES string of the molecule is Cc1ccc(CN(C)CC(=O)N2CC(C)OC(C)C2)s1. The van der Waals surface area contributed by atoms with Crippen molar-refractivity contribution in [1.29, 1.82) is 0 Å². The van der Waals surface area contributed by atoms with Crippen molar-refractivity contribution in [2.75, 3.05) is 26.7 Å². The number of likely N-dealkylation sites (N-methyl/N-ethyl adjacent to an activating group) is 1. The minimum atomic E-state index is 0.132. The van der Waals surface area contributed by atoms with Gasteiger partial charge in [0.2, 0.25) is 5.91 Å². The van der Waals surface area contributed by atoms with Crippen molar-refractivity contribution >= 4 is 17.2 Å². The third kappa shape index (κ3) is 4.30. The van der Waals surface area contributed by atoms with Gasteiger partial charge in [-0.1, -0.05) is 0 Å². The number of carbonyl (C=O) groups excluding carboxylic acids is 1. The second kappa shape index (κ2) is 6.70. The number of aryl methyl sites for hydroxylation is 1. The van der Waals surface area contributed by atoms with E-state index >= 15 is 0 Å². The van der Waals surface area contributed by atoms with E-state index in [9.17, 15) is 4.79 Å². The molecule has 1 aliphatic rings. The van der Waals surface area contributed by atoms with Crippen LogP contribution in [0.2, 0.25) is 0 Å². The van der Waals surface area contributed by atoms with E-state index in [1.807, 2.05) is 25.8 Å². The fourth-order valence-electron chi connectivity index (χ4n) is 2.60. The highest BCUT2D eigenvalue weighted by molar-refractivity contribution is 7.11. The highest BCUT2D eigenvalue weighted by atomic mass is 32.1. The zero-order valence-corrected chi connectivity index (χ0v) is 13.6. The predicted octanol–water partition coefficient (Wildman–Crippen LogP) is 2.12. The van der Waals surface area contributed by atoms with Crippen molar-refractivity contribution in [2.45, 2.75) is 39.5 Å². The lowest BCUT2D eigenvalue weighted by molar-refractivity contribution is -0.144. The molecule has 4 nitrogen and oxygen atoms in total. The van der Waals surface area contributed by atoms with Gasteiger partial charge in [-0.2, -0.15) is 0 Å². The van der Waals surface area contributed by atoms with Gasteiger partial charge in [0, 0.05) is 29.4 Å². The van der Waals surface area contributed by atoms with Crippen molar-refractivity contribution in [3.8, 4) is 0 Å². The predicted molar refractivity (Wildman–Crippen MR) is 82.0 cm³/mol. The number of nitrogens with zero attached hydrogens (tertiary/aromatic N) is 2. The maximum atomic E-state index is 12.3. The topological polar surface area (TPSA) is 32.8 Å². The molecule has 0 aliphatic carbocycles. The molecular formula is C15H24N2O2S. The molecule has 5 heteroatoms. The molecule has 0 radical (unpaired) electrons. The summed E-state index contributed by atoms with van der Waals surface area (Å²) in [6, 6.07) is 4.26. The van der Waals surface area contributed by atoms with Crippen LogP contribution < -0.4 is 0 Å². The molecule has 1 saturated heterocycles. The second-order valence-electron chi connectivity index (χ2n) is 5.74. The van der Waals surface area contributed by atoms with Gasteiger partial charge in [-0.05, 0) is 40.0 Å². The Kier molecular flexibility index (Phi) is 5.18. The van der Waals surface area contributed by atoms with Crippen molar-refractivity contribution in [2.24, 2.45) is 0 Å². The Morgan fingerprint density at radius 2 is 2.05 bits per heavy atom. The number of ether oxygens (including phenoxy) is 1. The van der Waals surface area contributed by atoms with Crippen molar-refractivity contribution < 1.29 is 9.53 Å². The number of carbonyl (C=O) groups is 1. The smallest absolute Gasteiger partial charge is 0.236 e. The molecular weight excluding hydrogens is 272 g/mol. The largest absolute Gasteiger partial charge is 0.372 e. The van der Waals surface area contributed by atoms with Gasteiger partial charge in [0.15, 0.2) is 0 Å². The molecule has 2 atom stereocenters. The van der Waals surface area contributed by atoms with E-state index < -0.39 is 0 Å². The van der Waals surface area contributed by atoms with Gasteiger partial charge in [-0.25, -0.2) is 0 Å². The average Bonchev–Trinajstić information content (AvgIpc) is 2.73. The molecule has 1 aromatic rings. The molecule has 0 N–H and O–H groups in total. The Hall–Kier alpha value is -0.910. The van der Waals surface area contributed by atoms with Crippen molar-refractivity contribution in [3.63, 3.8) is 0 Å². The van der Waals surface area contributed by atoms with Crippen LogP contribution in [0.25, 0.3) is 0 Å². The molecule has 0 spiro atoms. The number of amides is 1. The number of rotatable bonds is 4. The summed E-state index contributed by atoms with van der Waals surface area (Å²) in [7, 11) is 2.00. The van der Waals surface area contributed by atoms with Gasteiger partial charge in [-0.3, -0.25) is 9.69 Å². The van der Waals surface area contributed by atoms with Gasteiger partial charge >= 0.3 is 0 Å². The molecule has 0 bridgehead atoms. The van der Waals surface area contributed by atoms with E-state index in [1.54, 1.807) is 11.3 Å². The minimum absolute atomic E-state index is 0.132. The molecule has 20 heavy (non-hydrogen) atoms. The van der Waals surface area contributed by atoms with Crippen LogP contribution in [0.4, 0.5) is 0 Å². The summed E-state index contributed by atoms with van der Waals surface area (Å²) in [5.74, 6) is 0.197. The molecule has 0 saturated carbocycles. The molecule has 2 rings (SSSR count). The lowest BCUT2D eigenvalue weighted by atomic mass is 10.2. The summed E-state index contributed by atoms with van der Waals surface area (Å²) >= 11 is 1.79. The zero-order chi connectivity index (χ0) is 14.7. The minimum Gasteiger partial charge on any atom is -0.372 e. The number of hydrogen-bond acceptors (Lipinski definition) is 4. The van der Waals surface area contributed by atoms with Gasteiger partial charge in [-0.15, -0.1) is 11.3 Å². The van der Waals surface area contributed by atoms with E-state index in [0.717, 1.165) is 6.54 Å². The molecule has 2 unspecified atom stereocenters. The monoisotopic (exact) mass is 296 g/mol. The Labute approximate surface area is 125 Å². The number of hydrogen-bond donors (Lipinski definition) is 0. The summed E-state index contributed by atoms with van der Waals surface area (Å²) in [5.41, 5.74) is 0. The van der Waals surface area contributed by atoms with Crippen LogP contribution in [-0.2, 0) is 16.1 Å². The third-order valence-electron chi connectivity index (χ3n) is 3.40. The summed E-state index contributed by atoms with van der Waals surface area (Å²) in [4.78, 5) is 19.0. The Morgan fingerprint density at radius 1 is 1.40 bits per heavy atom. The molecule has 1 aliphatic heterocycles. The first-order valence-electron chi connectivity index (χ1n) is 7.11. The molecule has 1 aromatic heterocycles. The fourth-order valence-corrected chi connectivity index (χ4v) is 3.58. The van der Waals surface area contributed by atoms with Gasteiger partial charge in [0.1, 0.15) is 0 Å². The first-order chi connectivity index (χ1) is 9.44. The maximum Gasteiger partial charge on any atom is 0.236 e. The van der Waals surface area contributed by atoms with Crippen LogP contribution in [0.3, 0.4) is 0 Å². The Morgan fingerprint density at radius 3 is 2.60 bits per heavy atom. The molecule has 1 fully saturated rings. The van der Waals surface area contributed by atoms with E-state index in [4.69, 9.17) is 4.74 Å². The Bertz CT molecular complexity index is 450. The second-order valence-corrected chi connectivity index (χ2v) is 7.11. The third-order valence-corrected chi connectivity index (χ3v) is 4.38. The van der Waals surface area contributed by atoms with Crippen molar-refractivity contribution in [1.82, 2.24) is 9.80 Å². The average molecular weight is 296 g/mol. The zero-order valence-electron chi connectivity index (χ0n) is 12.8. The Balaban J connectivity index is 1.84. The highest BCUT2D eigenvalue weighted by Crippen LogP contribution is 2.17. The van der Waals surface area contributed by atoms with Crippen LogP contribution in [0, 0.1) is 6.92 Å². The summed E-state index contributed by atoms with van der Waals surface area (Å²) < 4.78 is 5.66. The van der Waals surface area contributed by atoms with E-state index in [0.29, 0.717) is 19.6 Å². The highest BCUT2D eigenvalue weighted by Gasteiger charge is 2.26. The van der Waals surface area contributed by atoms with E-state index in [1.165, 1.54) is 9.75 Å². The lowest BCUT2D eigenvalue weighted by Crippen LogP contribution is -2.50. The van der Waals surface area contributed by atoms with Crippen LogP contribution in [0.5, 0.6) is 0 Å². The van der Waals surface area contributed by atoms with Crippen LogP contribution in [0.15, 0.2) is 12.1 Å². The molecule has 0 aromatic carbocycles. The normalized spacial score (nSPS) is 23.4. The summed E-state index contributed by atoms with van der Waals surface area (Å²) in [6.07, 6.45) is 0.265. The van der Waals surface area contributed by atoms with Crippen LogP contribution >= 0.6 is 11.3 Å². The standard InChI is InChI=1S/C15H24N2O2S/c1-11-7-17(8-12(2)19-11)15(18)10-16(4)9-14-6-5-13(3)20-14/h5-6,11-12H,7-10H2,1-4H3. The van der Waals surface area contributed by atoms with Crippen LogP contribution in [-0.4, -0.2) is 54.6 Å². The first-order valence-corrected chi connectivity index (χ1v) is 7.92. The maximum absolute atomic E-state index is 12.3. The molecule has 112 valence electrons. The quantitative estimate of drug-likeness (QED) is 0.853. The summed E-state index contributed by atoms with van der Waals surface area (Å²) in [6.45, 7) is 8.86. The number of thiophene rings is 1. The van der Waals surface area contributed by atoms with E-state index in [2.05, 4.69) is 24.0 Å². The molecule has 2 heterocycles. The summed E-state index contributed by atoms with van der Waals surface area (Å²) in [5, 5.41) is 0. The van der Waals surface area contributed by atoms with Crippen molar-refractivity contribution in [3.05, 3.63) is 21.9 Å². The fraction of sp³-hybridized carbons (Fsp3) is 0.667. The molecule has 1 amide bonds. The van der Waals surface area contributed by atoms with Crippen LogP contribution in [0.1, 0.15) is 23.6 Å². The van der Waals surface area contributed by atoms with Gasteiger partial charge in [0.05, 0.1) is 18.8 Å².